The fourth-order valence-electron chi connectivity index (χ4n) is 3.54. The lowest BCUT2D eigenvalue weighted by molar-refractivity contribution is -0.137. The predicted molar refractivity (Wildman–Crippen MR) is 118 cm³/mol. The molecule has 0 atom stereocenters. The van der Waals surface area contributed by atoms with Crippen molar-refractivity contribution in [1.82, 2.24) is 19.2 Å². The molecular formula is C21H19BrF3N5O3. The highest BCUT2D eigenvalue weighted by molar-refractivity contribution is 9.10. The minimum Gasteiger partial charge on any atom is -0.377 e. The van der Waals surface area contributed by atoms with Gasteiger partial charge in [-0.05, 0) is 58.6 Å². The van der Waals surface area contributed by atoms with E-state index in [1.165, 1.54) is 12.1 Å². The van der Waals surface area contributed by atoms with Crippen LogP contribution in [-0.2, 0) is 28.7 Å². The molecule has 0 radical (unpaired) electrons. The molecular weight excluding hydrogens is 507 g/mol. The number of halogens is 4. The summed E-state index contributed by atoms with van der Waals surface area (Å²) in [6.45, 7) is 2.56. The minimum absolute atomic E-state index is 0.199. The average molecular weight is 526 g/mol. The second-order valence-electron chi connectivity index (χ2n) is 7.33. The van der Waals surface area contributed by atoms with Crippen molar-refractivity contribution < 1.29 is 22.7 Å². The molecule has 0 spiro atoms. The molecule has 1 amide bonds. The molecule has 33 heavy (non-hydrogen) atoms. The first kappa shape index (κ1) is 23.2. The van der Waals surface area contributed by atoms with Crippen molar-refractivity contribution in [3.8, 4) is 0 Å². The summed E-state index contributed by atoms with van der Waals surface area (Å²) >= 11 is 3.31. The summed E-state index contributed by atoms with van der Waals surface area (Å²) in [6, 6.07) is 4.16. The largest absolute Gasteiger partial charge is 0.416 e. The van der Waals surface area contributed by atoms with Crippen LogP contribution in [-0.4, -0.2) is 38.3 Å². The number of hydrogen-bond acceptors (Lipinski definition) is 5. The monoisotopic (exact) mass is 525 g/mol. The van der Waals surface area contributed by atoms with Crippen molar-refractivity contribution in [2.45, 2.75) is 32.5 Å². The number of fused-ring (bicyclic) bond motifs is 1. The number of alkyl halides is 3. The minimum atomic E-state index is -4.46. The molecule has 174 valence electrons. The third-order valence-electron chi connectivity index (χ3n) is 5.17. The number of nitrogens with one attached hydrogen (secondary N) is 1. The molecule has 2 aromatic heterocycles. The van der Waals surface area contributed by atoms with Crippen molar-refractivity contribution in [2.24, 2.45) is 0 Å². The predicted octanol–water partition coefficient (Wildman–Crippen LogP) is 3.68. The van der Waals surface area contributed by atoms with E-state index in [4.69, 9.17) is 4.74 Å². The lowest BCUT2D eigenvalue weighted by Crippen LogP contribution is -2.28. The van der Waals surface area contributed by atoms with Gasteiger partial charge in [0.2, 0.25) is 11.7 Å². The SMILES string of the molecule is CCc1c(Br)c(=O)n2nc(C3=CCOCC3)nc2n1CC(=O)Nc1ccc(C(F)(F)F)cc1. The van der Waals surface area contributed by atoms with E-state index >= 15 is 0 Å². The Labute approximate surface area is 194 Å². The lowest BCUT2D eigenvalue weighted by Gasteiger charge is -2.15. The van der Waals surface area contributed by atoms with E-state index in [0.717, 1.165) is 22.2 Å². The first-order valence-corrected chi connectivity index (χ1v) is 10.9. The summed E-state index contributed by atoms with van der Waals surface area (Å²) in [5, 5.41) is 6.92. The van der Waals surface area contributed by atoms with Gasteiger partial charge in [0.25, 0.3) is 5.56 Å². The van der Waals surface area contributed by atoms with Crippen molar-refractivity contribution >= 4 is 38.9 Å². The van der Waals surface area contributed by atoms with Gasteiger partial charge in [0.15, 0.2) is 5.82 Å². The van der Waals surface area contributed by atoms with Gasteiger partial charge in [-0.15, -0.1) is 5.10 Å². The van der Waals surface area contributed by atoms with Crippen LogP contribution in [0, 0.1) is 0 Å². The normalized spacial score (nSPS) is 14.4. The first-order chi connectivity index (χ1) is 15.7. The molecule has 3 aromatic rings. The zero-order valence-electron chi connectivity index (χ0n) is 17.4. The molecule has 0 fully saturated rings. The molecule has 1 aliphatic heterocycles. The Morgan fingerprint density at radius 3 is 2.61 bits per heavy atom. The lowest BCUT2D eigenvalue weighted by atomic mass is 10.1. The topological polar surface area (TPSA) is 90.5 Å². The number of aromatic nitrogens is 4. The first-order valence-electron chi connectivity index (χ1n) is 10.1. The van der Waals surface area contributed by atoms with E-state index in [0.29, 0.717) is 37.6 Å². The number of amides is 1. The molecule has 12 heteroatoms. The van der Waals surface area contributed by atoms with Crippen LogP contribution in [0.1, 0.15) is 30.4 Å². The quantitative estimate of drug-likeness (QED) is 0.548. The molecule has 0 aliphatic carbocycles. The van der Waals surface area contributed by atoms with Crippen molar-refractivity contribution in [2.75, 3.05) is 18.5 Å². The van der Waals surface area contributed by atoms with Crippen LogP contribution >= 0.6 is 15.9 Å². The van der Waals surface area contributed by atoms with E-state index in [1.807, 2.05) is 13.0 Å². The Hall–Kier alpha value is -2.99. The Morgan fingerprint density at radius 2 is 2.00 bits per heavy atom. The molecule has 0 saturated carbocycles. The number of rotatable bonds is 5. The highest BCUT2D eigenvalue weighted by Crippen LogP contribution is 2.30. The number of anilines is 1. The second-order valence-corrected chi connectivity index (χ2v) is 8.12. The van der Waals surface area contributed by atoms with Crippen LogP contribution in [0.3, 0.4) is 0 Å². The van der Waals surface area contributed by atoms with Gasteiger partial charge in [-0.2, -0.15) is 22.7 Å². The van der Waals surface area contributed by atoms with Crippen LogP contribution < -0.4 is 10.9 Å². The van der Waals surface area contributed by atoms with E-state index < -0.39 is 23.2 Å². The summed E-state index contributed by atoms with van der Waals surface area (Å²) in [5.74, 6) is 0.0919. The molecule has 0 saturated heterocycles. The molecule has 4 rings (SSSR count). The molecule has 1 aromatic carbocycles. The number of ether oxygens (including phenoxy) is 1. The molecule has 1 N–H and O–H groups in total. The van der Waals surface area contributed by atoms with Gasteiger partial charge < -0.3 is 14.6 Å². The van der Waals surface area contributed by atoms with E-state index in [9.17, 15) is 22.8 Å². The van der Waals surface area contributed by atoms with Crippen molar-refractivity contribution in [1.29, 1.82) is 0 Å². The third-order valence-corrected chi connectivity index (χ3v) is 5.97. The van der Waals surface area contributed by atoms with Crippen LogP contribution in [0.15, 0.2) is 39.6 Å². The third kappa shape index (κ3) is 4.71. The molecule has 1 aliphatic rings. The maximum absolute atomic E-state index is 12.8. The van der Waals surface area contributed by atoms with Crippen molar-refractivity contribution in [3.63, 3.8) is 0 Å². The van der Waals surface area contributed by atoms with Gasteiger partial charge in [-0.25, -0.2) is 0 Å². The van der Waals surface area contributed by atoms with Crippen LogP contribution in [0.25, 0.3) is 11.4 Å². The Kier molecular flexibility index (Phi) is 6.39. The van der Waals surface area contributed by atoms with Crippen LogP contribution in [0.2, 0.25) is 0 Å². The van der Waals surface area contributed by atoms with Gasteiger partial charge in [0.1, 0.15) is 11.0 Å². The Balaban J connectivity index is 1.68. The summed E-state index contributed by atoms with van der Waals surface area (Å²) in [4.78, 5) is 30.1. The second kappa shape index (κ2) is 9.10. The smallest absolute Gasteiger partial charge is 0.377 e. The van der Waals surface area contributed by atoms with Crippen LogP contribution in [0.5, 0.6) is 0 Å². The van der Waals surface area contributed by atoms with Crippen LogP contribution in [0.4, 0.5) is 18.9 Å². The standard InChI is InChI=1S/C21H19BrF3N5O3/c1-2-15-17(22)19(32)30-20(27-18(28-30)12-7-9-33-10-8-12)29(15)11-16(31)26-14-5-3-13(4-6-14)21(23,24)25/h3-7H,2,8-11H2,1H3,(H,26,31). The summed E-state index contributed by atoms with van der Waals surface area (Å²) in [7, 11) is 0. The zero-order chi connectivity index (χ0) is 23.8. The van der Waals surface area contributed by atoms with E-state index in [2.05, 4.69) is 31.3 Å². The van der Waals surface area contributed by atoms with Gasteiger partial charge >= 0.3 is 6.18 Å². The summed E-state index contributed by atoms with van der Waals surface area (Å²) in [6.07, 6.45) is -1.59. The number of nitrogens with zero attached hydrogens (tertiary/aromatic N) is 4. The zero-order valence-corrected chi connectivity index (χ0v) is 19.0. The van der Waals surface area contributed by atoms with Crippen molar-refractivity contribution in [3.05, 3.63) is 62.2 Å². The number of benzene rings is 1. The maximum atomic E-state index is 12.8. The summed E-state index contributed by atoms with van der Waals surface area (Å²) < 4.78 is 46.6. The molecule has 8 nitrogen and oxygen atoms in total. The van der Waals surface area contributed by atoms with E-state index in [1.54, 1.807) is 4.57 Å². The highest BCUT2D eigenvalue weighted by atomic mass is 79.9. The Bertz CT molecular complexity index is 1300. The fourth-order valence-corrected chi connectivity index (χ4v) is 4.20. The fraction of sp³-hybridized carbons (Fsp3) is 0.333. The summed E-state index contributed by atoms with van der Waals surface area (Å²) in [5.41, 5.74) is 0.414. The number of carbonyl (C=O) groups excluding carboxylic acids is 1. The average Bonchev–Trinajstić information content (AvgIpc) is 3.24. The van der Waals surface area contributed by atoms with Gasteiger partial charge in [-0.3, -0.25) is 9.59 Å². The van der Waals surface area contributed by atoms with Gasteiger partial charge in [-0.1, -0.05) is 13.0 Å². The Morgan fingerprint density at radius 1 is 1.27 bits per heavy atom. The van der Waals surface area contributed by atoms with E-state index in [-0.39, 0.29) is 22.5 Å². The van der Waals surface area contributed by atoms with Gasteiger partial charge in [0.05, 0.1) is 18.8 Å². The maximum Gasteiger partial charge on any atom is 0.416 e. The molecule has 3 heterocycles. The molecule has 0 bridgehead atoms. The van der Waals surface area contributed by atoms with Gasteiger partial charge in [0, 0.05) is 11.4 Å². The number of hydrogen-bond donors (Lipinski definition) is 1. The number of carbonyl (C=O) groups is 1. The highest BCUT2D eigenvalue weighted by Gasteiger charge is 2.30. The molecule has 0 unspecified atom stereocenters.